The summed E-state index contributed by atoms with van der Waals surface area (Å²) in [5.74, 6) is 0.428. The minimum atomic E-state index is -0.0657. The van der Waals surface area contributed by atoms with Crippen LogP contribution in [0.15, 0.2) is 58.5 Å². The summed E-state index contributed by atoms with van der Waals surface area (Å²) in [4.78, 5) is 32.5. The van der Waals surface area contributed by atoms with Crippen LogP contribution >= 0.6 is 11.8 Å². The van der Waals surface area contributed by atoms with Crippen LogP contribution in [0.4, 0.5) is 0 Å². The van der Waals surface area contributed by atoms with Gasteiger partial charge in [0.15, 0.2) is 5.16 Å². The molecule has 1 aliphatic heterocycles. The number of likely N-dealkylation sites (tertiary alicyclic amines) is 1. The van der Waals surface area contributed by atoms with Crippen LogP contribution in [-0.4, -0.2) is 39.2 Å². The molecule has 2 heterocycles. The van der Waals surface area contributed by atoms with E-state index >= 15 is 0 Å². The summed E-state index contributed by atoms with van der Waals surface area (Å²) in [6, 6.07) is 15.5. The zero-order valence-corrected chi connectivity index (χ0v) is 17.5. The summed E-state index contributed by atoms with van der Waals surface area (Å²) < 4.78 is 1.70. The van der Waals surface area contributed by atoms with E-state index in [4.69, 9.17) is 4.98 Å². The predicted octanol–water partition coefficient (Wildman–Crippen LogP) is 3.86. The smallest absolute Gasteiger partial charge is 0.262 e. The van der Waals surface area contributed by atoms with Gasteiger partial charge in [0.25, 0.3) is 5.56 Å². The first-order chi connectivity index (χ1) is 14.1. The Hall–Kier alpha value is -2.60. The van der Waals surface area contributed by atoms with E-state index in [9.17, 15) is 9.59 Å². The fraction of sp³-hybridized carbons (Fsp3) is 0.348. The van der Waals surface area contributed by atoms with E-state index in [1.165, 1.54) is 23.7 Å². The van der Waals surface area contributed by atoms with E-state index in [1.807, 2.05) is 60.4 Å². The van der Waals surface area contributed by atoms with Crippen molar-refractivity contribution in [3.8, 4) is 0 Å². The molecule has 1 fully saturated rings. The number of benzene rings is 2. The summed E-state index contributed by atoms with van der Waals surface area (Å²) in [6.45, 7) is 4.15. The number of para-hydroxylation sites is 1. The second kappa shape index (κ2) is 8.82. The van der Waals surface area contributed by atoms with Crippen molar-refractivity contribution in [2.24, 2.45) is 0 Å². The molecule has 0 unspecified atom stereocenters. The molecule has 0 saturated carbocycles. The molecule has 0 aliphatic carbocycles. The first kappa shape index (κ1) is 19.7. The highest BCUT2D eigenvalue weighted by molar-refractivity contribution is 7.99. The third-order valence-electron chi connectivity index (χ3n) is 5.32. The molecule has 0 N–H and O–H groups in total. The van der Waals surface area contributed by atoms with E-state index in [2.05, 4.69) is 0 Å². The van der Waals surface area contributed by atoms with Crippen LogP contribution < -0.4 is 5.56 Å². The number of thioether (sulfide) groups is 1. The molecule has 3 aromatic rings. The van der Waals surface area contributed by atoms with E-state index < -0.39 is 0 Å². The Balaban J connectivity index is 1.64. The molecule has 6 heteroatoms. The highest BCUT2D eigenvalue weighted by Crippen LogP contribution is 2.20. The van der Waals surface area contributed by atoms with Gasteiger partial charge in [-0.25, -0.2) is 4.98 Å². The van der Waals surface area contributed by atoms with Gasteiger partial charge in [-0.1, -0.05) is 53.7 Å². The number of carbonyl (C=O) groups is 1. The third kappa shape index (κ3) is 4.53. The molecule has 29 heavy (non-hydrogen) atoms. The summed E-state index contributed by atoms with van der Waals surface area (Å²) in [7, 11) is 0. The van der Waals surface area contributed by atoms with Crippen LogP contribution in [0.3, 0.4) is 0 Å². The van der Waals surface area contributed by atoms with Gasteiger partial charge in [-0.2, -0.15) is 0 Å². The van der Waals surface area contributed by atoms with Crippen LogP contribution in [0.25, 0.3) is 10.9 Å². The summed E-state index contributed by atoms with van der Waals surface area (Å²) in [5.41, 5.74) is 2.83. The van der Waals surface area contributed by atoms with Crippen LogP contribution in [0.1, 0.15) is 30.4 Å². The van der Waals surface area contributed by atoms with Gasteiger partial charge in [0.1, 0.15) is 0 Å². The molecule has 0 atom stereocenters. The highest BCUT2D eigenvalue weighted by Gasteiger charge is 2.19. The number of aryl methyl sites for hydroxylation is 1. The molecule has 1 saturated heterocycles. The molecule has 150 valence electrons. The average molecular weight is 408 g/mol. The molecule has 4 rings (SSSR count). The second-order valence-corrected chi connectivity index (χ2v) is 8.46. The van der Waals surface area contributed by atoms with Crippen molar-refractivity contribution < 1.29 is 4.79 Å². The van der Waals surface area contributed by atoms with Crippen molar-refractivity contribution in [1.29, 1.82) is 0 Å². The Bertz CT molecular complexity index is 1070. The number of rotatable bonds is 5. The minimum absolute atomic E-state index is 0.0657. The highest BCUT2D eigenvalue weighted by atomic mass is 32.2. The SMILES string of the molecule is Cc1ccc(Cn2c(SCC(=O)N3CCCCC3)nc3ccccc3c2=O)cc1. The van der Waals surface area contributed by atoms with Gasteiger partial charge in [0.05, 0.1) is 23.2 Å². The molecule has 0 spiro atoms. The number of piperidine rings is 1. The predicted molar refractivity (Wildman–Crippen MR) is 117 cm³/mol. The summed E-state index contributed by atoms with van der Waals surface area (Å²) >= 11 is 1.36. The van der Waals surface area contributed by atoms with Crippen molar-refractivity contribution in [3.05, 3.63) is 70.0 Å². The first-order valence-corrected chi connectivity index (χ1v) is 11.1. The molecule has 1 aliphatic rings. The van der Waals surface area contributed by atoms with Crippen molar-refractivity contribution in [3.63, 3.8) is 0 Å². The molecular formula is C23H25N3O2S. The van der Waals surface area contributed by atoms with Crippen molar-refractivity contribution >= 4 is 28.6 Å². The van der Waals surface area contributed by atoms with E-state index in [1.54, 1.807) is 4.57 Å². The lowest BCUT2D eigenvalue weighted by Crippen LogP contribution is -2.37. The Morgan fingerprint density at radius 1 is 1.03 bits per heavy atom. The van der Waals surface area contributed by atoms with Crippen LogP contribution in [0.2, 0.25) is 0 Å². The van der Waals surface area contributed by atoms with E-state index in [0.717, 1.165) is 31.5 Å². The van der Waals surface area contributed by atoms with Gasteiger partial charge in [0.2, 0.25) is 5.91 Å². The maximum Gasteiger partial charge on any atom is 0.262 e. The Kier molecular flexibility index (Phi) is 6.00. The van der Waals surface area contributed by atoms with Crippen molar-refractivity contribution in [2.45, 2.75) is 37.9 Å². The Morgan fingerprint density at radius 3 is 2.52 bits per heavy atom. The first-order valence-electron chi connectivity index (χ1n) is 10.1. The van der Waals surface area contributed by atoms with Crippen molar-refractivity contribution in [1.82, 2.24) is 14.5 Å². The number of aromatic nitrogens is 2. The molecule has 5 nitrogen and oxygen atoms in total. The van der Waals surface area contributed by atoms with Gasteiger partial charge >= 0.3 is 0 Å². The Morgan fingerprint density at radius 2 is 1.76 bits per heavy atom. The number of carbonyl (C=O) groups excluding carboxylic acids is 1. The normalized spacial score (nSPS) is 14.3. The molecule has 1 aromatic heterocycles. The quantitative estimate of drug-likeness (QED) is 0.476. The van der Waals surface area contributed by atoms with E-state index in [-0.39, 0.29) is 11.5 Å². The van der Waals surface area contributed by atoms with Crippen LogP contribution in [0, 0.1) is 6.92 Å². The fourth-order valence-electron chi connectivity index (χ4n) is 3.63. The average Bonchev–Trinajstić information content (AvgIpc) is 2.76. The Labute approximate surface area is 174 Å². The molecular weight excluding hydrogens is 382 g/mol. The van der Waals surface area contributed by atoms with Gasteiger partial charge in [0, 0.05) is 13.1 Å². The largest absolute Gasteiger partial charge is 0.342 e. The van der Waals surface area contributed by atoms with Gasteiger partial charge in [-0.3, -0.25) is 14.2 Å². The molecule has 1 amide bonds. The van der Waals surface area contributed by atoms with Crippen molar-refractivity contribution in [2.75, 3.05) is 18.8 Å². The zero-order chi connectivity index (χ0) is 20.2. The lowest BCUT2D eigenvalue weighted by atomic mass is 10.1. The maximum absolute atomic E-state index is 13.2. The fourth-order valence-corrected chi connectivity index (χ4v) is 4.54. The summed E-state index contributed by atoms with van der Waals surface area (Å²) in [6.07, 6.45) is 3.34. The molecule has 0 radical (unpaired) electrons. The van der Waals surface area contributed by atoms with Gasteiger partial charge in [-0.15, -0.1) is 0 Å². The van der Waals surface area contributed by atoms with E-state index in [0.29, 0.717) is 28.4 Å². The topological polar surface area (TPSA) is 55.2 Å². The standard InChI is InChI=1S/C23H25N3O2S/c1-17-9-11-18(12-10-17)15-26-22(28)19-7-3-4-8-20(19)24-23(26)29-16-21(27)25-13-5-2-6-14-25/h3-4,7-12H,2,5-6,13-16H2,1H3. The molecule has 0 bridgehead atoms. The third-order valence-corrected chi connectivity index (χ3v) is 6.28. The second-order valence-electron chi connectivity index (χ2n) is 7.52. The number of fused-ring (bicyclic) bond motifs is 1. The molecule has 2 aromatic carbocycles. The van der Waals surface area contributed by atoms with Crippen LogP contribution in [-0.2, 0) is 11.3 Å². The number of nitrogens with zero attached hydrogens (tertiary/aromatic N) is 3. The number of hydrogen-bond acceptors (Lipinski definition) is 4. The lowest BCUT2D eigenvalue weighted by Gasteiger charge is -2.26. The monoisotopic (exact) mass is 407 g/mol. The number of hydrogen-bond donors (Lipinski definition) is 0. The maximum atomic E-state index is 13.2. The number of amides is 1. The van der Waals surface area contributed by atoms with Gasteiger partial charge in [-0.05, 0) is 43.9 Å². The van der Waals surface area contributed by atoms with Crippen LogP contribution in [0.5, 0.6) is 0 Å². The summed E-state index contributed by atoms with van der Waals surface area (Å²) in [5, 5.41) is 1.20. The zero-order valence-electron chi connectivity index (χ0n) is 16.6. The lowest BCUT2D eigenvalue weighted by molar-refractivity contribution is -0.129. The van der Waals surface area contributed by atoms with Gasteiger partial charge < -0.3 is 4.90 Å². The minimum Gasteiger partial charge on any atom is -0.342 e.